The van der Waals surface area contributed by atoms with E-state index < -0.39 is 0 Å². The number of aromatic nitrogens is 2. The van der Waals surface area contributed by atoms with Crippen LogP contribution in [0.25, 0.3) is 0 Å². The number of fused-ring (bicyclic) bond motifs is 1. The molecule has 4 rings (SSSR count). The maximum Gasteiger partial charge on any atom is 0.229 e. The van der Waals surface area contributed by atoms with Crippen LogP contribution < -0.4 is 4.74 Å². The van der Waals surface area contributed by atoms with E-state index in [0.29, 0.717) is 6.61 Å². The summed E-state index contributed by atoms with van der Waals surface area (Å²) in [6, 6.07) is 8.30. The van der Waals surface area contributed by atoms with Crippen LogP contribution in [-0.2, 0) is 11.2 Å². The Morgan fingerprint density at radius 1 is 1.33 bits per heavy atom. The number of amides is 1. The molecule has 0 bridgehead atoms. The predicted molar refractivity (Wildman–Crippen MR) is 90.9 cm³/mol. The molecule has 1 aromatic heterocycles. The first kappa shape index (κ1) is 15.2. The highest BCUT2D eigenvalue weighted by Gasteiger charge is 2.32. The highest BCUT2D eigenvalue weighted by molar-refractivity contribution is 5.80. The van der Waals surface area contributed by atoms with Crippen molar-refractivity contribution in [2.45, 2.75) is 32.2 Å². The van der Waals surface area contributed by atoms with Crippen LogP contribution in [-0.4, -0.2) is 40.3 Å². The smallest absolute Gasteiger partial charge is 0.229 e. The summed E-state index contributed by atoms with van der Waals surface area (Å²) in [5, 5.41) is 4.43. The third-order valence-corrected chi connectivity index (χ3v) is 5.04. The van der Waals surface area contributed by atoms with E-state index in [1.165, 1.54) is 0 Å². The van der Waals surface area contributed by atoms with Gasteiger partial charge in [0.05, 0.1) is 18.2 Å². The summed E-state index contributed by atoms with van der Waals surface area (Å²) < 4.78 is 7.81. The number of rotatable bonds is 2. The molecule has 5 heteroatoms. The normalized spacial score (nSPS) is 23.5. The number of benzene rings is 1. The van der Waals surface area contributed by atoms with Gasteiger partial charge in [0.2, 0.25) is 5.91 Å². The van der Waals surface area contributed by atoms with Crippen molar-refractivity contribution in [2.24, 2.45) is 5.92 Å². The Bertz CT molecular complexity index is 740. The van der Waals surface area contributed by atoms with E-state index in [-0.39, 0.29) is 17.9 Å². The van der Waals surface area contributed by atoms with Gasteiger partial charge in [-0.25, -0.2) is 0 Å². The molecule has 2 aliphatic heterocycles. The second-order valence-corrected chi connectivity index (χ2v) is 6.90. The minimum Gasteiger partial charge on any atom is -0.492 e. The van der Waals surface area contributed by atoms with E-state index in [1.807, 2.05) is 40.9 Å². The molecule has 0 spiro atoms. The molecule has 5 nitrogen and oxygen atoms in total. The van der Waals surface area contributed by atoms with Crippen molar-refractivity contribution in [1.82, 2.24) is 14.7 Å². The molecule has 2 atom stereocenters. The second-order valence-electron chi connectivity index (χ2n) is 6.90. The van der Waals surface area contributed by atoms with E-state index in [0.717, 1.165) is 49.2 Å². The fraction of sp³-hybridized carbons (Fsp3) is 0.474. The molecule has 126 valence electrons. The second kappa shape index (κ2) is 6.30. The van der Waals surface area contributed by atoms with Crippen LogP contribution in [0, 0.1) is 12.8 Å². The van der Waals surface area contributed by atoms with Gasteiger partial charge in [-0.3, -0.25) is 9.48 Å². The molecule has 1 saturated heterocycles. The van der Waals surface area contributed by atoms with Crippen molar-refractivity contribution in [3.63, 3.8) is 0 Å². The molecule has 2 aromatic rings. The molecular weight excluding hydrogens is 302 g/mol. The van der Waals surface area contributed by atoms with Crippen molar-refractivity contribution in [2.75, 3.05) is 19.7 Å². The first-order valence-corrected chi connectivity index (χ1v) is 8.71. The summed E-state index contributed by atoms with van der Waals surface area (Å²) in [6.45, 7) is 4.12. The van der Waals surface area contributed by atoms with E-state index in [4.69, 9.17) is 4.74 Å². The molecule has 0 saturated carbocycles. The molecule has 24 heavy (non-hydrogen) atoms. The van der Waals surface area contributed by atoms with Gasteiger partial charge in [0.25, 0.3) is 0 Å². The predicted octanol–water partition coefficient (Wildman–Crippen LogP) is 2.61. The SMILES string of the molecule is Cc1cnn([C@@H]2CCCN(C(=O)[C@H]3COc4ccccc4C3)C2)c1. The van der Waals surface area contributed by atoms with Gasteiger partial charge in [0.1, 0.15) is 12.4 Å². The highest BCUT2D eigenvalue weighted by atomic mass is 16.5. The van der Waals surface area contributed by atoms with Gasteiger partial charge in [0, 0.05) is 19.3 Å². The summed E-state index contributed by atoms with van der Waals surface area (Å²) in [5.74, 6) is 1.07. The van der Waals surface area contributed by atoms with Gasteiger partial charge >= 0.3 is 0 Å². The molecule has 3 heterocycles. The van der Waals surface area contributed by atoms with E-state index in [2.05, 4.69) is 17.4 Å². The number of aryl methyl sites for hydroxylation is 1. The molecule has 2 aliphatic rings. The molecule has 1 fully saturated rings. The molecule has 0 aliphatic carbocycles. The Labute approximate surface area is 142 Å². The summed E-state index contributed by atoms with van der Waals surface area (Å²) in [6.07, 6.45) is 6.83. The number of piperidine rings is 1. The number of carbonyl (C=O) groups is 1. The van der Waals surface area contributed by atoms with Gasteiger partial charge in [0.15, 0.2) is 0 Å². The quantitative estimate of drug-likeness (QED) is 0.853. The van der Waals surface area contributed by atoms with E-state index in [9.17, 15) is 4.79 Å². The lowest BCUT2D eigenvalue weighted by atomic mass is 9.94. The number of hydrogen-bond donors (Lipinski definition) is 0. The molecule has 0 radical (unpaired) electrons. The van der Waals surface area contributed by atoms with Crippen molar-refractivity contribution in [1.29, 1.82) is 0 Å². The Hall–Kier alpha value is -2.30. The van der Waals surface area contributed by atoms with Gasteiger partial charge in [-0.05, 0) is 43.4 Å². The zero-order valence-electron chi connectivity index (χ0n) is 14.0. The lowest BCUT2D eigenvalue weighted by molar-refractivity contribution is -0.138. The fourth-order valence-electron chi connectivity index (χ4n) is 3.75. The highest BCUT2D eigenvalue weighted by Crippen LogP contribution is 2.29. The van der Waals surface area contributed by atoms with Gasteiger partial charge in [-0.1, -0.05) is 18.2 Å². The van der Waals surface area contributed by atoms with Crippen LogP contribution in [0.1, 0.15) is 30.0 Å². The number of nitrogens with zero attached hydrogens (tertiary/aromatic N) is 3. The maximum atomic E-state index is 13.0. The Morgan fingerprint density at radius 2 is 2.21 bits per heavy atom. The largest absolute Gasteiger partial charge is 0.492 e. The van der Waals surface area contributed by atoms with Crippen LogP contribution in [0.15, 0.2) is 36.7 Å². The average Bonchev–Trinajstić information content (AvgIpc) is 3.07. The standard InChI is InChI=1S/C19H23N3O2/c1-14-10-20-22(11-14)17-6-4-8-21(12-17)19(23)16-9-15-5-2-3-7-18(15)24-13-16/h2-3,5,7,10-11,16-17H,4,6,8-9,12-13H2,1H3/t16-,17-/m1/s1. The summed E-state index contributed by atoms with van der Waals surface area (Å²) in [7, 11) is 0. The summed E-state index contributed by atoms with van der Waals surface area (Å²) in [4.78, 5) is 15.0. The van der Waals surface area contributed by atoms with Crippen LogP contribution >= 0.6 is 0 Å². The topological polar surface area (TPSA) is 47.4 Å². The van der Waals surface area contributed by atoms with Gasteiger partial charge in [-0.15, -0.1) is 0 Å². The average molecular weight is 325 g/mol. The molecule has 1 aromatic carbocycles. The number of hydrogen-bond acceptors (Lipinski definition) is 3. The Balaban J connectivity index is 1.45. The van der Waals surface area contributed by atoms with Crippen LogP contribution in [0.4, 0.5) is 0 Å². The van der Waals surface area contributed by atoms with Crippen molar-refractivity contribution in [3.8, 4) is 5.75 Å². The zero-order chi connectivity index (χ0) is 16.5. The van der Waals surface area contributed by atoms with Crippen molar-refractivity contribution >= 4 is 5.91 Å². The Morgan fingerprint density at radius 3 is 3.04 bits per heavy atom. The molecule has 0 unspecified atom stereocenters. The maximum absolute atomic E-state index is 13.0. The third kappa shape index (κ3) is 2.90. The summed E-state index contributed by atoms with van der Waals surface area (Å²) in [5.41, 5.74) is 2.30. The lowest BCUT2D eigenvalue weighted by Crippen LogP contribution is -2.46. The van der Waals surface area contributed by atoms with Crippen molar-refractivity contribution in [3.05, 3.63) is 47.8 Å². The third-order valence-electron chi connectivity index (χ3n) is 5.04. The van der Waals surface area contributed by atoms with Gasteiger partial charge in [-0.2, -0.15) is 5.10 Å². The lowest BCUT2D eigenvalue weighted by Gasteiger charge is -2.36. The molecular formula is C19H23N3O2. The fourth-order valence-corrected chi connectivity index (χ4v) is 3.75. The van der Waals surface area contributed by atoms with Crippen molar-refractivity contribution < 1.29 is 9.53 Å². The molecule has 0 N–H and O–H groups in total. The molecule has 1 amide bonds. The van der Waals surface area contributed by atoms with E-state index in [1.54, 1.807) is 0 Å². The van der Waals surface area contributed by atoms with E-state index >= 15 is 0 Å². The number of carbonyl (C=O) groups excluding carboxylic acids is 1. The number of likely N-dealkylation sites (tertiary alicyclic amines) is 1. The minimum absolute atomic E-state index is 0.0713. The van der Waals surface area contributed by atoms with Crippen LogP contribution in [0.2, 0.25) is 0 Å². The first-order valence-electron chi connectivity index (χ1n) is 8.71. The number of ether oxygens (including phenoxy) is 1. The summed E-state index contributed by atoms with van der Waals surface area (Å²) >= 11 is 0. The van der Waals surface area contributed by atoms with Crippen LogP contribution in [0.5, 0.6) is 5.75 Å². The van der Waals surface area contributed by atoms with Crippen LogP contribution in [0.3, 0.4) is 0 Å². The first-order chi connectivity index (χ1) is 11.7. The number of para-hydroxylation sites is 1. The zero-order valence-corrected chi connectivity index (χ0v) is 14.0. The Kier molecular flexibility index (Phi) is 4.00. The monoisotopic (exact) mass is 325 g/mol. The minimum atomic E-state index is -0.0713. The van der Waals surface area contributed by atoms with Gasteiger partial charge < -0.3 is 9.64 Å².